The van der Waals surface area contributed by atoms with Crippen molar-refractivity contribution < 1.29 is 14.3 Å². The molecular formula is C16H16N4O3S. The number of aliphatic hydroxyl groups excluding tert-OH is 1. The molecule has 0 unspecified atom stereocenters. The zero-order valence-corrected chi connectivity index (χ0v) is 13.6. The summed E-state index contributed by atoms with van der Waals surface area (Å²) in [5.41, 5.74) is 0.788. The quantitative estimate of drug-likeness (QED) is 0.742. The average molecular weight is 344 g/mol. The number of furan rings is 1. The van der Waals surface area contributed by atoms with Crippen LogP contribution in [0.2, 0.25) is 0 Å². The zero-order valence-electron chi connectivity index (χ0n) is 12.8. The summed E-state index contributed by atoms with van der Waals surface area (Å²) >= 11 is 1.26. The van der Waals surface area contributed by atoms with Gasteiger partial charge in [-0.15, -0.1) is 10.2 Å². The van der Waals surface area contributed by atoms with Crippen LogP contribution in [0.25, 0.3) is 21.7 Å². The van der Waals surface area contributed by atoms with Crippen molar-refractivity contribution in [3.8, 4) is 10.8 Å². The number of anilines is 1. The van der Waals surface area contributed by atoms with Gasteiger partial charge in [0, 0.05) is 18.0 Å². The van der Waals surface area contributed by atoms with Crippen LogP contribution in [-0.2, 0) is 0 Å². The fourth-order valence-electron chi connectivity index (χ4n) is 2.57. The van der Waals surface area contributed by atoms with E-state index in [1.54, 1.807) is 4.90 Å². The monoisotopic (exact) mass is 344 g/mol. The van der Waals surface area contributed by atoms with Gasteiger partial charge in [-0.2, -0.15) is 0 Å². The molecular weight excluding hydrogens is 328 g/mol. The lowest BCUT2D eigenvalue weighted by atomic mass is 10.2. The summed E-state index contributed by atoms with van der Waals surface area (Å²) in [6.07, 6.45) is 1.96. The van der Waals surface area contributed by atoms with Gasteiger partial charge in [0.2, 0.25) is 5.13 Å². The summed E-state index contributed by atoms with van der Waals surface area (Å²) < 4.78 is 5.76. The number of urea groups is 1. The molecule has 24 heavy (non-hydrogen) atoms. The zero-order chi connectivity index (χ0) is 16.5. The van der Waals surface area contributed by atoms with Crippen molar-refractivity contribution in [1.82, 2.24) is 15.1 Å². The minimum absolute atomic E-state index is 0.0513. The van der Waals surface area contributed by atoms with E-state index in [9.17, 15) is 4.79 Å². The summed E-state index contributed by atoms with van der Waals surface area (Å²) in [4.78, 5) is 13.9. The van der Waals surface area contributed by atoms with Gasteiger partial charge in [-0.25, -0.2) is 4.79 Å². The first kappa shape index (κ1) is 15.1. The molecule has 1 fully saturated rings. The highest BCUT2D eigenvalue weighted by molar-refractivity contribution is 7.18. The summed E-state index contributed by atoms with van der Waals surface area (Å²) in [5, 5.41) is 22.0. The number of benzene rings is 1. The maximum absolute atomic E-state index is 12.3. The summed E-state index contributed by atoms with van der Waals surface area (Å²) in [7, 11) is 0. The number of aliphatic hydroxyl groups is 1. The number of nitrogens with zero attached hydrogens (tertiary/aromatic N) is 3. The third-order valence-electron chi connectivity index (χ3n) is 3.86. The Labute approximate surface area is 141 Å². The maximum atomic E-state index is 12.3. The van der Waals surface area contributed by atoms with Crippen molar-refractivity contribution in [3.05, 3.63) is 30.3 Å². The molecule has 0 atom stereocenters. The predicted octanol–water partition coefficient (Wildman–Crippen LogP) is 2.94. The van der Waals surface area contributed by atoms with E-state index in [2.05, 4.69) is 15.5 Å². The molecule has 0 spiro atoms. The predicted molar refractivity (Wildman–Crippen MR) is 90.9 cm³/mol. The van der Waals surface area contributed by atoms with Crippen LogP contribution < -0.4 is 5.32 Å². The van der Waals surface area contributed by atoms with Crippen LogP contribution in [0.3, 0.4) is 0 Å². The second kappa shape index (κ2) is 6.21. The summed E-state index contributed by atoms with van der Waals surface area (Å²) in [5.74, 6) is 0.628. The third-order valence-corrected chi connectivity index (χ3v) is 4.72. The van der Waals surface area contributed by atoms with E-state index in [0.717, 1.165) is 23.8 Å². The van der Waals surface area contributed by atoms with Gasteiger partial charge in [0.25, 0.3) is 0 Å². The van der Waals surface area contributed by atoms with Gasteiger partial charge in [-0.3, -0.25) is 5.32 Å². The van der Waals surface area contributed by atoms with E-state index in [0.29, 0.717) is 22.4 Å². The highest BCUT2D eigenvalue weighted by Gasteiger charge is 2.32. The molecule has 1 aromatic carbocycles. The molecule has 0 bridgehead atoms. The molecule has 2 heterocycles. The second-order valence-electron chi connectivity index (χ2n) is 5.64. The number of hydrogen-bond acceptors (Lipinski definition) is 6. The van der Waals surface area contributed by atoms with Gasteiger partial charge >= 0.3 is 6.03 Å². The Kier molecular flexibility index (Phi) is 3.91. The van der Waals surface area contributed by atoms with E-state index in [1.165, 1.54) is 11.3 Å². The molecule has 124 valence electrons. The molecule has 0 aliphatic heterocycles. The van der Waals surface area contributed by atoms with Crippen molar-refractivity contribution in [1.29, 1.82) is 0 Å². The van der Waals surface area contributed by atoms with Gasteiger partial charge in [0.05, 0.1) is 6.61 Å². The SMILES string of the molecule is O=C(Nc1nnc(-c2cc3ccccc3o2)s1)N(CCO)C1CC1. The van der Waals surface area contributed by atoms with Crippen molar-refractivity contribution in [3.63, 3.8) is 0 Å². The number of carbonyl (C=O) groups is 1. The van der Waals surface area contributed by atoms with E-state index >= 15 is 0 Å². The molecule has 1 saturated carbocycles. The van der Waals surface area contributed by atoms with Crippen LogP contribution in [0.5, 0.6) is 0 Å². The molecule has 2 aromatic heterocycles. The first-order chi connectivity index (χ1) is 11.7. The lowest BCUT2D eigenvalue weighted by Gasteiger charge is -2.20. The Morgan fingerprint density at radius 2 is 2.21 bits per heavy atom. The minimum Gasteiger partial charge on any atom is -0.453 e. The lowest BCUT2D eigenvalue weighted by Crippen LogP contribution is -2.38. The Morgan fingerprint density at radius 1 is 1.38 bits per heavy atom. The van der Waals surface area contributed by atoms with Crippen molar-refractivity contribution in [2.75, 3.05) is 18.5 Å². The van der Waals surface area contributed by atoms with E-state index in [4.69, 9.17) is 9.52 Å². The Morgan fingerprint density at radius 3 is 2.96 bits per heavy atom. The van der Waals surface area contributed by atoms with Crippen LogP contribution in [-0.4, -0.2) is 45.4 Å². The number of carbonyl (C=O) groups excluding carboxylic acids is 1. The third kappa shape index (κ3) is 2.98. The first-order valence-electron chi connectivity index (χ1n) is 7.75. The molecule has 4 rings (SSSR count). The van der Waals surface area contributed by atoms with Gasteiger partial charge in [0.15, 0.2) is 10.8 Å². The fourth-order valence-corrected chi connectivity index (χ4v) is 3.25. The Hall–Kier alpha value is -2.45. The highest BCUT2D eigenvalue weighted by Crippen LogP contribution is 2.32. The fraction of sp³-hybridized carbons (Fsp3) is 0.312. The topological polar surface area (TPSA) is 91.5 Å². The van der Waals surface area contributed by atoms with Gasteiger partial charge in [-0.1, -0.05) is 29.5 Å². The van der Waals surface area contributed by atoms with Crippen LogP contribution in [0.1, 0.15) is 12.8 Å². The number of amides is 2. The van der Waals surface area contributed by atoms with E-state index in [1.807, 2.05) is 30.3 Å². The van der Waals surface area contributed by atoms with Crippen LogP contribution in [0.15, 0.2) is 34.7 Å². The molecule has 1 aliphatic rings. The maximum Gasteiger partial charge on any atom is 0.324 e. The highest BCUT2D eigenvalue weighted by atomic mass is 32.1. The van der Waals surface area contributed by atoms with Crippen molar-refractivity contribution in [2.24, 2.45) is 0 Å². The standard InChI is InChI=1S/C16H16N4O3S/c21-8-7-20(11-5-6-11)16(22)17-15-19-18-14(24-15)13-9-10-3-1-2-4-12(10)23-13/h1-4,9,11,21H,5-8H2,(H,17,19,22). The average Bonchev–Trinajstić information content (AvgIpc) is 3.15. The normalized spacial score (nSPS) is 14.0. The number of hydrogen-bond donors (Lipinski definition) is 2. The number of aromatic nitrogens is 2. The van der Waals surface area contributed by atoms with Gasteiger partial charge in [-0.05, 0) is 25.0 Å². The smallest absolute Gasteiger partial charge is 0.324 e. The first-order valence-corrected chi connectivity index (χ1v) is 8.57. The molecule has 7 nitrogen and oxygen atoms in total. The second-order valence-corrected chi connectivity index (χ2v) is 6.62. The van der Waals surface area contributed by atoms with Crippen LogP contribution >= 0.6 is 11.3 Å². The number of rotatable bonds is 5. The number of fused-ring (bicyclic) bond motifs is 1. The summed E-state index contributed by atoms with van der Waals surface area (Å²) in [6.45, 7) is 0.274. The molecule has 2 amide bonds. The molecule has 8 heteroatoms. The Balaban J connectivity index is 1.50. The Bertz CT molecular complexity index is 838. The van der Waals surface area contributed by atoms with Crippen molar-refractivity contribution in [2.45, 2.75) is 18.9 Å². The summed E-state index contributed by atoms with van der Waals surface area (Å²) in [6, 6.07) is 9.60. The van der Waals surface area contributed by atoms with Crippen LogP contribution in [0.4, 0.5) is 9.93 Å². The number of nitrogens with one attached hydrogen (secondary N) is 1. The number of para-hydroxylation sites is 1. The molecule has 1 aliphatic carbocycles. The molecule has 0 saturated heterocycles. The molecule has 3 aromatic rings. The molecule has 2 N–H and O–H groups in total. The largest absolute Gasteiger partial charge is 0.453 e. The van der Waals surface area contributed by atoms with E-state index < -0.39 is 0 Å². The lowest BCUT2D eigenvalue weighted by molar-refractivity contribution is 0.185. The van der Waals surface area contributed by atoms with Crippen LogP contribution in [0, 0.1) is 0 Å². The van der Waals surface area contributed by atoms with Gasteiger partial charge < -0.3 is 14.4 Å². The van der Waals surface area contributed by atoms with Crippen molar-refractivity contribution >= 4 is 33.5 Å². The minimum atomic E-state index is -0.251. The van der Waals surface area contributed by atoms with E-state index in [-0.39, 0.29) is 18.7 Å². The van der Waals surface area contributed by atoms with Gasteiger partial charge in [0.1, 0.15) is 5.58 Å². The molecule has 0 radical (unpaired) electrons.